The zero-order valence-electron chi connectivity index (χ0n) is 4.93. The summed E-state index contributed by atoms with van der Waals surface area (Å²) >= 11 is 0. The molecule has 0 heterocycles. The third-order valence-corrected chi connectivity index (χ3v) is 0.642. The van der Waals surface area contributed by atoms with Crippen LogP contribution in [0.15, 0.2) is 12.0 Å². The average Bonchev–Trinajstić information content (AvgIpc) is 1.67. The maximum Gasteiger partial charge on any atom is 0.195 e. The number of carbonyl (C=O) groups is 1. The first-order valence-electron chi connectivity index (χ1n) is 2.26. The van der Waals surface area contributed by atoms with E-state index in [1.54, 1.807) is 7.05 Å². The number of aliphatic hydroxyl groups is 1. The summed E-state index contributed by atoms with van der Waals surface area (Å²) in [6.07, 6.45) is 1.24. The van der Waals surface area contributed by atoms with Crippen molar-refractivity contribution in [2.24, 2.45) is 0 Å². The van der Waals surface area contributed by atoms with Crippen molar-refractivity contribution in [1.82, 2.24) is 5.32 Å². The van der Waals surface area contributed by atoms with Gasteiger partial charge >= 0.3 is 0 Å². The van der Waals surface area contributed by atoms with Gasteiger partial charge in [-0.3, -0.25) is 4.79 Å². The highest BCUT2D eigenvalue weighted by atomic mass is 16.3. The van der Waals surface area contributed by atoms with Crippen LogP contribution in [0, 0.1) is 0 Å². The number of hydrogen-bond acceptors (Lipinski definition) is 3. The molecule has 3 nitrogen and oxygen atoms in total. The fraction of sp³-hybridized carbons (Fsp3) is 0.400. The van der Waals surface area contributed by atoms with Gasteiger partial charge in [0.1, 0.15) is 0 Å². The van der Waals surface area contributed by atoms with Crippen molar-refractivity contribution in [3.05, 3.63) is 12.0 Å². The number of aliphatic hydroxyl groups excluding tert-OH is 1. The van der Waals surface area contributed by atoms with Gasteiger partial charge in [0.05, 0.1) is 0 Å². The molecule has 0 bridgehead atoms. The van der Waals surface area contributed by atoms with Crippen LogP contribution in [-0.2, 0) is 4.79 Å². The molecule has 3 heteroatoms. The molecule has 0 spiro atoms. The fourth-order valence-electron chi connectivity index (χ4n) is 0.238. The minimum Gasteiger partial charge on any atom is -0.503 e. The SMILES string of the molecule is CN/C=C(\O)C(C)=O. The number of hydrogen-bond donors (Lipinski definition) is 2. The standard InChI is InChI=1S/C5H9NO2/c1-4(7)5(8)3-6-2/h3,6,8H,1-2H3/b5-3-. The second-order valence-corrected chi connectivity index (χ2v) is 1.37. The molecule has 0 aliphatic carbocycles. The van der Waals surface area contributed by atoms with Crippen LogP contribution in [0.1, 0.15) is 6.92 Å². The van der Waals surface area contributed by atoms with Gasteiger partial charge in [-0.2, -0.15) is 0 Å². The average molecular weight is 115 g/mol. The minimum absolute atomic E-state index is 0.243. The van der Waals surface area contributed by atoms with E-state index >= 15 is 0 Å². The Morgan fingerprint density at radius 2 is 2.25 bits per heavy atom. The van der Waals surface area contributed by atoms with Crippen molar-refractivity contribution < 1.29 is 9.90 Å². The van der Waals surface area contributed by atoms with Crippen LogP contribution in [0.3, 0.4) is 0 Å². The lowest BCUT2D eigenvalue weighted by molar-refractivity contribution is -0.115. The highest BCUT2D eigenvalue weighted by molar-refractivity contribution is 5.90. The van der Waals surface area contributed by atoms with Crippen LogP contribution >= 0.6 is 0 Å². The zero-order chi connectivity index (χ0) is 6.57. The Labute approximate surface area is 48.0 Å². The van der Waals surface area contributed by atoms with Gasteiger partial charge in [-0.05, 0) is 0 Å². The second-order valence-electron chi connectivity index (χ2n) is 1.37. The summed E-state index contributed by atoms with van der Waals surface area (Å²) in [6.45, 7) is 1.29. The fourth-order valence-corrected chi connectivity index (χ4v) is 0.238. The molecule has 0 saturated carbocycles. The lowest BCUT2D eigenvalue weighted by Crippen LogP contribution is -2.01. The van der Waals surface area contributed by atoms with E-state index < -0.39 is 0 Å². The minimum atomic E-state index is -0.334. The van der Waals surface area contributed by atoms with Gasteiger partial charge in [0.15, 0.2) is 11.5 Å². The summed E-state index contributed by atoms with van der Waals surface area (Å²) in [4.78, 5) is 10.2. The molecule has 0 saturated heterocycles. The highest BCUT2D eigenvalue weighted by Crippen LogP contribution is 1.84. The summed E-state index contributed by atoms with van der Waals surface area (Å²) in [7, 11) is 1.61. The first kappa shape index (κ1) is 7.01. The largest absolute Gasteiger partial charge is 0.503 e. The van der Waals surface area contributed by atoms with Gasteiger partial charge in [-0.15, -0.1) is 0 Å². The molecule has 0 aromatic rings. The number of rotatable bonds is 2. The number of carbonyl (C=O) groups excluding carboxylic acids is 1. The molecule has 0 aromatic carbocycles. The third-order valence-electron chi connectivity index (χ3n) is 0.642. The smallest absolute Gasteiger partial charge is 0.195 e. The molecule has 46 valence electrons. The highest BCUT2D eigenvalue weighted by Gasteiger charge is 1.95. The monoisotopic (exact) mass is 115 g/mol. The van der Waals surface area contributed by atoms with Crippen LogP contribution in [0.4, 0.5) is 0 Å². The zero-order valence-corrected chi connectivity index (χ0v) is 4.93. The summed E-state index contributed by atoms with van der Waals surface area (Å²) in [5.74, 6) is -0.577. The van der Waals surface area contributed by atoms with Crippen LogP contribution in [0.5, 0.6) is 0 Å². The number of allylic oxidation sites excluding steroid dienone is 1. The van der Waals surface area contributed by atoms with E-state index in [1.807, 2.05) is 0 Å². The van der Waals surface area contributed by atoms with Crippen molar-refractivity contribution in [2.45, 2.75) is 6.92 Å². The number of ketones is 1. The van der Waals surface area contributed by atoms with Crippen LogP contribution < -0.4 is 5.32 Å². The van der Waals surface area contributed by atoms with Gasteiger partial charge in [0.2, 0.25) is 0 Å². The van der Waals surface area contributed by atoms with Crippen molar-refractivity contribution in [1.29, 1.82) is 0 Å². The van der Waals surface area contributed by atoms with Crippen LogP contribution in [-0.4, -0.2) is 17.9 Å². The summed E-state index contributed by atoms with van der Waals surface area (Å²) < 4.78 is 0. The summed E-state index contributed by atoms with van der Waals surface area (Å²) in [5.41, 5.74) is 0. The van der Waals surface area contributed by atoms with Gasteiger partial charge in [0.25, 0.3) is 0 Å². The van der Waals surface area contributed by atoms with E-state index in [2.05, 4.69) is 5.32 Å². The molecular formula is C5H9NO2. The molecule has 0 aliphatic heterocycles. The predicted molar refractivity (Wildman–Crippen MR) is 30.5 cm³/mol. The molecule has 0 aromatic heterocycles. The summed E-state index contributed by atoms with van der Waals surface area (Å²) in [6, 6.07) is 0. The lowest BCUT2D eigenvalue weighted by atomic mass is 10.4. The Bertz CT molecular complexity index is 118. The maximum atomic E-state index is 10.2. The van der Waals surface area contributed by atoms with Gasteiger partial charge in [-0.1, -0.05) is 0 Å². The maximum absolute atomic E-state index is 10.2. The first-order chi connectivity index (χ1) is 3.68. The molecule has 0 amide bonds. The van der Waals surface area contributed by atoms with Crippen molar-refractivity contribution in [2.75, 3.05) is 7.05 Å². The van der Waals surface area contributed by atoms with Gasteiger partial charge in [-0.25, -0.2) is 0 Å². The van der Waals surface area contributed by atoms with Crippen molar-refractivity contribution >= 4 is 5.78 Å². The predicted octanol–water partition coefficient (Wildman–Crippen LogP) is 0.194. The topological polar surface area (TPSA) is 49.3 Å². The molecule has 0 unspecified atom stereocenters. The summed E-state index contributed by atoms with van der Waals surface area (Å²) in [5, 5.41) is 11.1. The van der Waals surface area contributed by atoms with Gasteiger partial charge < -0.3 is 10.4 Å². The molecule has 0 fully saturated rings. The number of Topliss-reactive ketones (excluding diaryl/α,β-unsaturated/α-hetero) is 1. The van der Waals surface area contributed by atoms with Crippen LogP contribution in [0.2, 0.25) is 0 Å². The Morgan fingerprint density at radius 1 is 1.75 bits per heavy atom. The Kier molecular flexibility index (Phi) is 2.69. The molecule has 0 aliphatic rings. The third kappa shape index (κ3) is 2.23. The number of nitrogens with one attached hydrogen (secondary N) is 1. The van der Waals surface area contributed by atoms with Crippen molar-refractivity contribution in [3.8, 4) is 0 Å². The van der Waals surface area contributed by atoms with E-state index in [1.165, 1.54) is 13.1 Å². The molecule has 2 N–H and O–H groups in total. The Balaban J connectivity index is 3.80. The Morgan fingerprint density at radius 3 is 2.38 bits per heavy atom. The Hall–Kier alpha value is -0.990. The van der Waals surface area contributed by atoms with E-state index in [9.17, 15) is 4.79 Å². The van der Waals surface area contributed by atoms with E-state index in [0.717, 1.165) is 0 Å². The molecule has 8 heavy (non-hydrogen) atoms. The van der Waals surface area contributed by atoms with E-state index in [0.29, 0.717) is 0 Å². The normalized spacial score (nSPS) is 11.0. The lowest BCUT2D eigenvalue weighted by Gasteiger charge is -1.89. The molecule has 0 radical (unpaired) electrons. The van der Waals surface area contributed by atoms with E-state index in [-0.39, 0.29) is 11.5 Å². The molecular weight excluding hydrogens is 106 g/mol. The van der Waals surface area contributed by atoms with Gasteiger partial charge in [0, 0.05) is 20.2 Å². The van der Waals surface area contributed by atoms with Crippen LogP contribution in [0.25, 0.3) is 0 Å². The van der Waals surface area contributed by atoms with E-state index in [4.69, 9.17) is 5.11 Å². The molecule has 0 atom stereocenters. The van der Waals surface area contributed by atoms with Crippen molar-refractivity contribution in [3.63, 3.8) is 0 Å². The quantitative estimate of drug-likeness (QED) is 0.399. The second kappa shape index (κ2) is 3.07. The molecule has 0 rings (SSSR count). The first-order valence-corrected chi connectivity index (χ1v) is 2.26.